The lowest BCUT2D eigenvalue weighted by Crippen LogP contribution is -2.14. The lowest BCUT2D eigenvalue weighted by atomic mass is 10.2. The molecular weight excluding hydrogens is 274 g/mol. The number of aryl methyl sites for hydroxylation is 1. The number of ether oxygens (including phenoxy) is 1. The van der Waals surface area contributed by atoms with Crippen LogP contribution in [0.5, 0.6) is 11.5 Å². The van der Waals surface area contributed by atoms with Crippen molar-refractivity contribution >= 4 is 11.6 Å². The van der Waals surface area contributed by atoms with E-state index >= 15 is 0 Å². The van der Waals surface area contributed by atoms with Crippen LogP contribution in [0.3, 0.4) is 0 Å². The van der Waals surface area contributed by atoms with Gasteiger partial charge in [-0.2, -0.15) is 5.10 Å². The van der Waals surface area contributed by atoms with Crippen molar-refractivity contribution in [2.45, 2.75) is 33.4 Å². The molecule has 4 nitrogen and oxygen atoms in total. The highest BCUT2D eigenvalue weighted by Crippen LogP contribution is 2.30. The van der Waals surface area contributed by atoms with Crippen LogP contribution in [0.15, 0.2) is 30.6 Å². The summed E-state index contributed by atoms with van der Waals surface area (Å²) in [5.41, 5.74) is 0.979. The second-order valence-corrected chi connectivity index (χ2v) is 4.93. The van der Waals surface area contributed by atoms with Crippen LogP contribution in [0.25, 0.3) is 0 Å². The van der Waals surface area contributed by atoms with Gasteiger partial charge < -0.3 is 10.1 Å². The van der Waals surface area contributed by atoms with Crippen LogP contribution in [-0.4, -0.2) is 16.3 Å². The molecule has 0 aliphatic rings. The fraction of sp³-hybridized carbons (Fsp3) is 0.400. The highest BCUT2D eigenvalue weighted by atomic mass is 35.5. The predicted octanol–water partition coefficient (Wildman–Crippen LogP) is 3.85. The molecule has 0 radical (unpaired) electrons. The third kappa shape index (κ3) is 3.74. The Balaban J connectivity index is 2.15. The standard InChI is InChI=1S/C15H20ClN3O/c1-3-8-17-10-13-14(16)6-5-7-15(13)20-12-9-18-19(4-2)11-12/h5-7,9,11,17H,3-4,8,10H2,1-2H3. The molecule has 0 atom stereocenters. The Labute approximate surface area is 124 Å². The summed E-state index contributed by atoms with van der Waals surface area (Å²) in [5.74, 6) is 1.50. The minimum atomic E-state index is 0.699. The average molecular weight is 294 g/mol. The molecule has 1 aromatic heterocycles. The van der Waals surface area contributed by atoms with Crippen LogP contribution in [-0.2, 0) is 13.1 Å². The number of nitrogens with zero attached hydrogens (tertiary/aromatic N) is 2. The number of nitrogens with one attached hydrogen (secondary N) is 1. The number of halogens is 1. The molecule has 0 unspecified atom stereocenters. The minimum Gasteiger partial charge on any atom is -0.454 e. The summed E-state index contributed by atoms with van der Waals surface area (Å²) in [6.07, 6.45) is 4.68. The van der Waals surface area contributed by atoms with Crippen LogP contribution in [0.1, 0.15) is 25.8 Å². The van der Waals surface area contributed by atoms with Gasteiger partial charge in [-0.1, -0.05) is 24.6 Å². The van der Waals surface area contributed by atoms with Crippen LogP contribution >= 0.6 is 11.6 Å². The van der Waals surface area contributed by atoms with E-state index in [1.165, 1.54) is 0 Å². The monoisotopic (exact) mass is 293 g/mol. The topological polar surface area (TPSA) is 39.1 Å². The predicted molar refractivity (Wildman–Crippen MR) is 81.4 cm³/mol. The maximum Gasteiger partial charge on any atom is 0.165 e. The second kappa shape index (κ2) is 7.31. The van der Waals surface area contributed by atoms with Gasteiger partial charge in [0.05, 0.1) is 12.4 Å². The Morgan fingerprint density at radius 2 is 2.20 bits per heavy atom. The first-order chi connectivity index (χ1) is 9.74. The van der Waals surface area contributed by atoms with Crippen molar-refractivity contribution in [1.29, 1.82) is 0 Å². The number of hydrogen-bond acceptors (Lipinski definition) is 3. The van der Waals surface area contributed by atoms with E-state index in [1.54, 1.807) is 6.20 Å². The second-order valence-electron chi connectivity index (χ2n) is 4.53. The molecular formula is C15H20ClN3O. The SMILES string of the molecule is CCCNCc1c(Cl)cccc1Oc1cnn(CC)c1. The molecule has 0 fully saturated rings. The molecule has 5 heteroatoms. The lowest BCUT2D eigenvalue weighted by Gasteiger charge is -2.12. The van der Waals surface area contributed by atoms with Gasteiger partial charge in [-0.05, 0) is 32.0 Å². The smallest absolute Gasteiger partial charge is 0.165 e. The van der Waals surface area contributed by atoms with Crippen molar-refractivity contribution in [2.24, 2.45) is 0 Å². The van der Waals surface area contributed by atoms with Crippen LogP contribution in [0.4, 0.5) is 0 Å². The maximum atomic E-state index is 6.27. The molecule has 0 saturated carbocycles. The van der Waals surface area contributed by atoms with Gasteiger partial charge in [-0.15, -0.1) is 0 Å². The molecule has 20 heavy (non-hydrogen) atoms. The molecule has 0 amide bonds. The summed E-state index contributed by atoms with van der Waals surface area (Å²) >= 11 is 6.27. The average Bonchev–Trinajstić information content (AvgIpc) is 2.90. The lowest BCUT2D eigenvalue weighted by molar-refractivity contribution is 0.471. The van der Waals surface area contributed by atoms with Crippen molar-refractivity contribution in [3.8, 4) is 11.5 Å². The summed E-state index contributed by atoms with van der Waals surface area (Å²) in [6, 6.07) is 5.70. The summed E-state index contributed by atoms with van der Waals surface area (Å²) in [6.45, 7) is 6.65. The highest BCUT2D eigenvalue weighted by molar-refractivity contribution is 6.31. The molecule has 2 rings (SSSR count). The normalized spacial score (nSPS) is 10.8. The highest BCUT2D eigenvalue weighted by Gasteiger charge is 2.09. The number of benzene rings is 1. The van der Waals surface area contributed by atoms with Crippen molar-refractivity contribution in [3.63, 3.8) is 0 Å². The van der Waals surface area contributed by atoms with E-state index in [-0.39, 0.29) is 0 Å². The molecule has 108 valence electrons. The largest absolute Gasteiger partial charge is 0.454 e. The Morgan fingerprint density at radius 3 is 2.90 bits per heavy atom. The molecule has 0 saturated heterocycles. The van der Waals surface area contributed by atoms with Gasteiger partial charge in [-0.25, -0.2) is 0 Å². The molecule has 0 aliphatic heterocycles. The van der Waals surface area contributed by atoms with Crippen LogP contribution in [0, 0.1) is 0 Å². The van der Waals surface area contributed by atoms with E-state index in [1.807, 2.05) is 36.0 Å². The zero-order valence-electron chi connectivity index (χ0n) is 11.9. The van der Waals surface area contributed by atoms with E-state index in [0.29, 0.717) is 11.6 Å². The van der Waals surface area contributed by atoms with E-state index in [4.69, 9.17) is 16.3 Å². The van der Waals surface area contributed by atoms with Gasteiger partial charge in [0.1, 0.15) is 5.75 Å². The number of aromatic nitrogens is 2. The Bertz CT molecular complexity index is 554. The van der Waals surface area contributed by atoms with Gasteiger partial charge in [0, 0.05) is 23.7 Å². The third-order valence-corrected chi connectivity index (χ3v) is 3.32. The molecule has 1 N–H and O–H groups in total. The van der Waals surface area contributed by atoms with Gasteiger partial charge in [0.15, 0.2) is 5.75 Å². The van der Waals surface area contributed by atoms with E-state index < -0.39 is 0 Å². The first-order valence-electron chi connectivity index (χ1n) is 6.93. The zero-order chi connectivity index (χ0) is 14.4. The Hall–Kier alpha value is -1.52. The number of rotatable bonds is 7. The third-order valence-electron chi connectivity index (χ3n) is 2.97. The number of hydrogen-bond donors (Lipinski definition) is 1. The minimum absolute atomic E-state index is 0.699. The Morgan fingerprint density at radius 1 is 1.35 bits per heavy atom. The fourth-order valence-electron chi connectivity index (χ4n) is 1.89. The summed E-state index contributed by atoms with van der Waals surface area (Å²) in [4.78, 5) is 0. The summed E-state index contributed by atoms with van der Waals surface area (Å²) < 4.78 is 7.72. The van der Waals surface area contributed by atoms with Crippen molar-refractivity contribution < 1.29 is 4.74 Å². The van der Waals surface area contributed by atoms with Gasteiger partial charge >= 0.3 is 0 Å². The quantitative estimate of drug-likeness (QED) is 0.788. The van der Waals surface area contributed by atoms with E-state index in [0.717, 1.165) is 36.6 Å². The molecule has 0 spiro atoms. The van der Waals surface area contributed by atoms with Crippen LogP contribution < -0.4 is 10.1 Å². The molecule has 2 aromatic rings. The van der Waals surface area contributed by atoms with Gasteiger partial charge in [0.25, 0.3) is 0 Å². The fourth-order valence-corrected chi connectivity index (χ4v) is 2.13. The van der Waals surface area contributed by atoms with E-state index in [2.05, 4.69) is 17.3 Å². The zero-order valence-corrected chi connectivity index (χ0v) is 12.7. The molecule has 0 bridgehead atoms. The summed E-state index contributed by atoms with van der Waals surface area (Å²) in [7, 11) is 0. The first kappa shape index (κ1) is 14.9. The first-order valence-corrected chi connectivity index (χ1v) is 7.30. The van der Waals surface area contributed by atoms with Gasteiger partial charge in [0.2, 0.25) is 0 Å². The maximum absolute atomic E-state index is 6.27. The van der Waals surface area contributed by atoms with Crippen molar-refractivity contribution in [2.75, 3.05) is 6.54 Å². The molecule has 1 aromatic carbocycles. The van der Waals surface area contributed by atoms with Crippen LogP contribution in [0.2, 0.25) is 5.02 Å². The molecule has 0 aliphatic carbocycles. The summed E-state index contributed by atoms with van der Waals surface area (Å²) in [5, 5.41) is 8.27. The molecule has 1 heterocycles. The van der Waals surface area contributed by atoms with Gasteiger partial charge in [-0.3, -0.25) is 4.68 Å². The van der Waals surface area contributed by atoms with E-state index in [9.17, 15) is 0 Å². The van der Waals surface area contributed by atoms with Crippen molar-refractivity contribution in [1.82, 2.24) is 15.1 Å². The van der Waals surface area contributed by atoms with Crippen molar-refractivity contribution in [3.05, 3.63) is 41.2 Å². The Kier molecular flexibility index (Phi) is 5.44.